The summed E-state index contributed by atoms with van der Waals surface area (Å²) < 4.78 is 10.0. The van der Waals surface area contributed by atoms with Gasteiger partial charge in [0, 0.05) is 0 Å². The van der Waals surface area contributed by atoms with Crippen molar-refractivity contribution in [3.8, 4) is 0 Å². The van der Waals surface area contributed by atoms with Crippen molar-refractivity contribution in [2.24, 2.45) is 5.73 Å². The summed E-state index contributed by atoms with van der Waals surface area (Å²) in [6, 6.07) is 0. The highest BCUT2D eigenvalue weighted by atomic mass is 16.7. The monoisotopic (exact) mass is 239 g/mol. The lowest BCUT2D eigenvalue weighted by molar-refractivity contribution is -0.280. The first kappa shape index (κ1) is 15.7. The maximum absolute atomic E-state index is 9.19. The first-order valence-corrected chi connectivity index (χ1v) is 5.15. The van der Waals surface area contributed by atoms with Crippen LogP contribution in [-0.4, -0.2) is 65.0 Å². The molecule has 0 bridgehead atoms. The van der Waals surface area contributed by atoms with Crippen molar-refractivity contribution in [2.75, 3.05) is 19.8 Å². The summed E-state index contributed by atoms with van der Waals surface area (Å²) >= 11 is 0. The zero-order valence-electron chi connectivity index (χ0n) is 9.32. The van der Waals surface area contributed by atoms with E-state index in [2.05, 4.69) is 0 Å². The lowest BCUT2D eigenvalue weighted by atomic mass is 10.2. The Kier molecular flexibility index (Phi) is 8.67. The molecule has 98 valence electrons. The molecule has 0 aromatic rings. The number of aliphatic hydroxyl groups is 4. The number of hydrogen-bond acceptors (Lipinski definition) is 7. The van der Waals surface area contributed by atoms with Gasteiger partial charge in [-0.3, -0.25) is 0 Å². The summed E-state index contributed by atoms with van der Waals surface area (Å²) in [6.45, 7) is 1.59. The van der Waals surface area contributed by atoms with Crippen molar-refractivity contribution < 1.29 is 29.9 Å². The van der Waals surface area contributed by atoms with Crippen molar-refractivity contribution in [3.63, 3.8) is 0 Å². The van der Waals surface area contributed by atoms with E-state index in [1.807, 2.05) is 0 Å². The molecule has 0 heterocycles. The standard InChI is InChI=1S/C9H21NO6/c1-6(12)7(5-11)16-9(8(13)14)15-4-2-3-10/h6-9,11-14H,2-5,10H2,1H3/t6-,7?,9?/m0/s1. The number of hydrogen-bond donors (Lipinski definition) is 5. The molecule has 0 aromatic carbocycles. The van der Waals surface area contributed by atoms with Gasteiger partial charge in [-0.2, -0.15) is 0 Å². The third-order valence-corrected chi connectivity index (χ3v) is 1.90. The summed E-state index contributed by atoms with van der Waals surface area (Å²) in [4.78, 5) is 0. The molecule has 0 aliphatic rings. The van der Waals surface area contributed by atoms with Crippen molar-refractivity contribution in [2.45, 2.75) is 38.1 Å². The summed E-state index contributed by atoms with van der Waals surface area (Å²) in [6.07, 6.45) is -4.47. The minimum atomic E-state index is -1.84. The molecule has 0 amide bonds. The van der Waals surface area contributed by atoms with Gasteiger partial charge in [0.15, 0.2) is 0 Å². The maximum Gasteiger partial charge on any atom is 0.209 e. The normalized spacial score (nSPS) is 17.4. The van der Waals surface area contributed by atoms with E-state index in [0.717, 1.165) is 0 Å². The van der Waals surface area contributed by atoms with Gasteiger partial charge in [-0.15, -0.1) is 0 Å². The fraction of sp³-hybridized carbons (Fsp3) is 1.00. The van der Waals surface area contributed by atoms with E-state index < -0.39 is 31.4 Å². The average Bonchev–Trinajstić information content (AvgIpc) is 2.22. The zero-order chi connectivity index (χ0) is 12.6. The van der Waals surface area contributed by atoms with Crippen LogP contribution >= 0.6 is 0 Å². The van der Waals surface area contributed by atoms with Crippen LogP contribution < -0.4 is 5.73 Å². The van der Waals surface area contributed by atoms with Gasteiger partial charge in [0.05, 0.1) is 19.3 Å². The van der Waals surface area contributed by atoms with Gasteiger partial charge in [0.1, 0.15) is 6.10 Å². The molecule has 0 aliphatic carbocycles. The van der Waals surface area contributed by atoms with E-state index in [9.17, 15) is 5.11 Å². The number of nitrogens with two attached hydrogens (primary N) is 1. The van der Waals surface area contributed by atoms with E-state index >= 15 is 0 Å². The van der Waals surface area contributed by atoms with Gasteiger partial charge in [-0.1, -0.05) is 0 Å². The highest BCUT2D eigenvalue weighted by Crippen LogP contribution is 2.08. The van der Waals surface area contributed by atoms with Crippen LogP contribution in [-0.2, 0) is 9.47 Å². The highest BCUT2D eigenvalue weighted by molar-refractivity contribution is 4.64. The van der Waals surface area contributed by atoms with Crippen LogP contribution in [0.1, 0.15) is 13.3 Å². The molecular formula is C9H21NO6. The predicted molar refractivity (Wildman–Crippen MR) is 55.3 cm³/mol. The molecule has 7 heteroatoms. The Bertz CT molecular complexity index is 166. The van der Waals surface area contributed by atoms with Gasteiger partial charge >= 0.3 is 0 Å². The Labute approximate surface area is 94.4 Å². The summed E-state index contributed by atoms with van der Waals surface area (Å²) in [5.74, 6) is 0. The fourth-order valence-corrected chi connectivity index (χ4v) is 0.960. The molecule has 2 unspecified atom stereocenters. The Hall–Kier alpha value is -0.280. The second-order valence-electron chi connectivity index (χ2n) is 3.39. The molecule has 0 rings (SSSR count). The largest absolute Gasteiger partial charge is 0.394 e. The number of rotatable bonds is 9. The van der Waals surface area contributed by atoms with Crippen molar-refractivity contribution in [3.05, 3.63) is 0 Å². The topological polar surface area (TPSA) is 125 Å². The smallest absolute Gasteiger partial charge is 0.209 e. The van der Waals surface area contributed by atoms with Crippen LogP contribution in [0.3, 0.4) is 0 Å². The summed E-state index contributed by atoms with van der Waals surface area (Å²) in [5.41, 5.74) is 5.24. The van der Waals surface area contributed by atoms with E-state index in [0.29, 0.717) is 13.0 Å². The first-order valence-electron chi connectivity index (χ1n) is 5.15. The molecule has 0 spiro atoms. The fourth-order valence-electron chi connectivity index (χ4n) is 0.960. The first-order chi connectivity index (χ1) is 7.52. The van der Waals surface area contributed by atoms with Gasteiger partial charge in [-0.25, -0.2) is 0 Å². The number of aliphatic hydroxyl groups excluding tert-OH is 3. The Morgan fingerprint density at radius 2 is 1.88 bits per heavy atom. The molecule has 7 nitrogen and oxygen atoms in total. The molecule has 0 fully saturated rings. The third-order valence-electron chi connectivity index (χ3n) is 1.90. The van der Waals surface area contributed by atoms with Crippen LogP contribution in [0, 0.1) is 0 Å². The van der Waals surface area contributed by atoms with Gasteiger partial charge in [0.2, 0.25) is 12.6 Å². The summed E-state index contributed by atoms with van der Waals surface area (Å²) in [7, 11) is 0. The molecule has 3 atom stereocenters. The second-order valence-corrected chi connectivity index (χ2v) is 3.39. The van der Waals surface area contributed by atoms with Crippen LogP contribution in [0.15, 0.2) is 0 Å². The van der Waals surface area contributed by atoms with Crippen molar-refractivity contribution in [1.82, 2.24) is 0 Å². The average molecular weight is 239 g/mol. The Balaban J connectivity index is 4.09. The van der Waals surface area contributed by atoms with E-state index in [1.54, 1.807) is 0 Å². The Morgan fingerprint density at radius 1 is 1.25 bits per heavy atom. The molecular weight excluding hydrogens is 218 g/mol. The van der Waals surface area contributed by atoms with Gasteiger partial charge in [0.25, 0.3) is 0 Å². The maximum atomic E-state index is 9.19. The molecule has 16 heavy (non-hydrogen) atoms. The SMILES string of the molecule is C[C@H](O)C(CO)OC(OCCCN)C(O)O. The predicted octanol–water partition coefficient (Wildman–Crippen LogP) is -2.25. The van der Waals surface area contributed by atoms with Crippen molar-refractivity contribution in [1.29, 1.82) is 0 Å². The van der Waals surface area contributed by atoms with Crippen molar-refractivity contribution >= 4 is 0 Å². The third kappa shape index (κ3) is 6.33. The number of ether oxygens (including phenoxy) is 2. The van der Waals surface area contributed by atoms with E-state index in [1.165, 1.54) is 6.92 Å². The molecule has 0 radical (unpaired) electrons. The highest BCUT2D eigenvalue weighted by Gasteiger charge is 2.25. The quantitative estimate of drug-likeness (QED) is 0.227. The lowest BCUT2D eigenvalue weighted by Gasteiger charge is -2.26. The van der Waals surface area contributed by atoms with Gasteiger partial charge < -0.3 is 35.6 Å². The molecule has 0 aromatic heterocycles. The van der Waals surface area contributed by atoms with Gasteiger partial charge in [-0.05, 0) is 19.9 Å². The van der Waals surface area contributed by atoms with Crippen LogP contribution in [0.4, 0.5) is 0 Å². The molecule has 0 saturated heterocycles. The molecule has 0 saturated carbocycles. The lowest BCUT2D eigenvalue weighted by Crippen LogP contribution is -2.41. The molecule has 6 N–H and O–H groups in total. The summed E-state index contributed by atoms with van der Waals surface area (Å²) in [5, 5.41) is 36.0. The minimum Gasteiger partial charge on any atom is -0.394 e. The van der Waals surface area contributed by atoms with E-state index in [4.69, 9.17) is 30.5 Å². The minimum absolute atomic E-state index is 0.205. The van der Waals surface area contributed by atoms with Crippen LogP contribution in [0.2, 0.25) is 0 Å². The van der Waals surface area contributed by atoms with Crippen LogP contribution in [0.5, 0.6) is 0 Å². The van der Waals surface area contributed by atoms with E-state index in [-0.39, 0.29) is 6.61 Å². The second kappa shape index (κ2) is 8.82. The Morgan fingerprint density at radius 3 is 2.25 bits per heavy atom. The van der Waals surface area contributed by atoms with Crippen LogP contribution in [0.25, 0.3) is 0 Å². The zero-order valence-corrected chi connectivity index (χ0v) is 9.32. The molecule has 0 aliphatic heterocycles.